The first-order chi connectivity index (χ1) is 10.6. The van der Waals surface area contributed by atoms with Gasteiger partial charge in [-0.2, -0.15) is 4.98 Å². The van der Waals surface area contributed by atoms with E-state index in [1.54, 1.807) is 18.2 Å². The zero-order chi connectivity index (χ0) is 15.7. The van der Waals surface area contributed by atoms with Gasteiger partial charge in [-0.1, -0.05) is 23.7 Å². The predicted octanol–water partition coefficient (Wildman–Crippen LogP) is 2.62. The Labute approximate surface area is 131 Å². The summed E-state index contributed by atoms with van der Waals surface area (Å²) < 4.78 is 1.49. The number of aliphatic hydroxyl groups excluding tert-OH is 1. The lowest BCUT2D eigenvalue weighted by atomic mass is 10.1. The van der Waals surface area contributed by atoms with Gasteiger partial charge in [0.15, 0.2) is 0 Å². The van der Waals surface area contributed by atoms with Crippen LogP contribution in [0.5, 0.6) is 0 Å². The molecule has 0 aliphatic rings. The number of halogens is 1. The van der Waals surface area contributed by atoms with Crippen molar-refractivity contribution < 1.29 is 5.11 Å². The molecule has 6 heteroatoms. The third kappa shape index (κ3) is 2.49. The molecule has 0 saturated carbocycles. The van der Waals surface area contributed by atoms with Crippen LogP contribution in [0.2, 0.25) is 5.02 Å². The highest BCUT2D eigenvalue weighted by molar-refractivity contribution is 6.30. The summed E-state index contributed by atoms with van der Waals surface area (Å²) in [5.41, 5.74) is 1.97. The van der Waals surface area contributed by atoms with Crippen LogP contribution in [0.4, 0.5) is 0 Å². The van der Waals surface area contributed by atoms with Crippen LogP contribution in [0.1, 0.15) is 12.6 Å². The number of nitrogens with zero attached hydrogens (tertiary/aromatic N) is 3. The molecule has 0 fully saturated rings. The van der Waals surface area contributed by atoms with Crippen molar-refractivity contribution in [1.29, 1.82) is 0 Å². The number of pyridine rings is 1. The summed E-state index contributed by atoms with van der Waals surface area (Å²) in [5, 5.41) is 10.6. The Balaban J connectivity index is 2.39. The van der Waals surface area contributed by atoms with Gasteiger partial charge in [0.2, 0.25) is 0 Å². The number of rotatable bonds is 3. The van der Waals surface area contributed by atoms with Gasteiger partial charge in [-0.05, 0) is 31.2 Å². The third-order valence-electron chi connectivity index (χ3n) is 3.46. The van der Waals surface area contributed by atoms with Crippen molar-refractivity contribution in [2.75, 3.05) is 0 Å². The van der Waals surface area contributed by atoms with Gasteiger partial charge < -0.3 is 5.11 Å². The lowest BCUT2D eigenvalue weighted by Gasteiger charge is -2.11. The zero-order valence-electron chi connectivity index (χ0n) is 12.0. The third-order valence-corrected chi connectivity index (χ3v) is 3.69. The van der Waals surface area contributed by atoms with Crippen molar-refractivity contribution in [3.63, 3.8) is 0 Å². The van der Waals surface area contributed by atoms with Crippen molar-refractivity contribution in [3.05, 3.63) is 57.6 Å². The molecule has 0 unspecified atom stereocenters. The fraction of sp³-hybridized carbons (Fsp3) is 0.188. The number of aromatic nitrogens is 3. The van der Waals surface area contributed by atoms with Gasteiger partial charge in [0, 0.05) is 22.5 Å². The van der Waals surface area contributed by atoms with Gasteiger partial charge in [-0.15, -0.1) is 0 Å². The molecule has 2 aromatic heterocycles. The Bertz CT molecular complexity index is 906. The molecule has 2 heterocycles. The highest BCUT2D eigenvalue weighted by Gasteiger charge is 2.13. The number of hydrogen-bond donors (Lipinski definition) is 1. The monoisotopic (exact) mass is 315 g/mol. The molecule has 1 N–H and O–H groups in total. The van der Waals surface area contributed by atoms with E-state index in [9.17, 15) is 9.90 Å². The van der Waals surface area contributed by atoms with Gasteiger partial charge in [0.25, 0.3) is 0 Å². The summed E-state index contributed by atoms with van der Waals surface area (Å²) in [7, 11) is 0. The average molecular weight is 316 g/mol. The molecule has 112 valence electrons. The Morgan fingerprint density at radius 2 is 2.05 bits per heavy atom. The van der Waals surface area contributed by atoms with Gasteiger partial charge in [0.05, 0.1) is 18.0 Å². The summed E-state index contributed by atoms with van der Waals surface area (Å²) >= 11 is 6.03. The van der Waals surface area contributed by atoms with Crippen LogP contribution < -0.4 is 5.69 Å². The standard InChI is InChI=1S/C16H14ClN3O2/c1-2-20-15-13(7-6-12(9-21)18-15)14(19-16(20)22)10-4-3-5-11(17)8-10/h3-8,21H,2,9H2,1H3. The number of aliphatic hydroxyl groups is 1. The van der Waals surface area contributed by atoms with Crippen molar-refractivity contribution in [1.82, 2.24) is 14.5 Å². The molecule has 0 saturated heterocycles. The maximum atomic E-state index is 12.3. The molecule has 0 amide bonds. The smallest absolute Gasteiger partial charge is 0.349 e. The molecule has 3 rings (SSSR count). The van der Waals surface area contributed by atoms with E-state index in [0.717, 1.165) is 10.9 Å². The predicted molar refractivity (Wildman–Crippen MR) is 85.8 cm³/mol. The van der Waals surface area contributed by atoms with Crippen LogP contribution in [-0.4, -0.2) is 19.6 Å². The number of aryl methyl sites for hydroxylation is 1. The Morgan fingerprint density at radius 1 is 1.23 bits per heavy atom. The van der Waals surface area contributed by atoms with E-state index in [1.807, 2.05) is 25.1 Å². The SMILES string of the molecule is CCn1c(=O)nc(-c2cccc(Cl)c2)c2ccc(CO)nc21. The van der Waals surface area contributed by atoms with Gasteiger partial charge >= 0.3 is 5.69 Å². The van der Waals surface area contributed by atoms with E-state index in [0.29, 0.717) is 28.6 Å². The summed E-state index contributed by atoms with van der Waals surface area (Å²) in [4.78, 5) is 20.8. The molecule has 0 aliphatic carbocycles. The minimum atomic E-state index is -0.368. The summed E-state index contributed by atoms with van der Waals surface area (Å²) in [6.45, 7) is 2.14. The molecule has 5 nitrogen and oxygen atoms in total. The summed E-state index contributed by atoms with van der Waals surface area (Å²) in [5.74, 6) is 0. The van der Waals surface area contributed by atoms with Crippen LogP contribution >= 0.6 is 11.6 Å². The van der Waals surface area contributed by atoms with E-state index in [2.05, 4.69) is 9.97 Å². The fourth-order valence-electron chi connectivity index (χ4n) is 2.41. The van der Waals surface area contributed by atoms with Gasteiger partial charge in [0.1, 0.15) is 5.65 Å². The van der Waals surface area contributed by atoms with Crippen molar-refractivity contribution >= 4 is 22.6 Å². The zero-order valence-corrected chi connectivity index (χ0v) is 12.7. The molecule has 0 aliphatic heterocycles. The minimum absolute atomic E-state index is 0.178. The lowest BCUT2D eigenvalue weighted by Crippen LogP contribution is -2.24. The highest BCUT2D eigenvalue weighted by Crippen LogP contribution is 2.26. The van der Waals surface area contributed by atoms with Crippen LogP contribution in [0.3, 0.4) is 0 Å². The Kier molecular flexibility index (Phi) is 3.92. The van der Waals surface area contributed by atoms with E-state index in [-0.39, 0.29) is 12.3 Å². The Morgan fingerprint density at radius 3 is 2.73 bits per heavy atom. The summed E-state index contributed by atoms with van der Waals surface area (Å²) in [6, 6.07) is 10.7. The molecule has 0 radical (unpaired) electrons. The van der Waals surface area contributed by atoms with Gasteiger partial charge in [-0.3, -0.25) is 4.57 Å². The molecule has 0 atom stereocenters. The van der Waals surface area contributed by atoms with Gasteiger partial charge in [-0.25, -0.2) is 9.78 Å². The van der Waals surface area contributed by atoms with E-state index >= 15 is 0 Å². The van der Waals surface area contributed by atoms with Crippen molar-refractivity contribution in [2.24, 2.45) is 0 Å². The maximum absolute atomic E-state index is 12.3. The van der Waals surface area contributed by atoms with Crippen LogP contribution in [0, 0.1) is 0 Å². The van der Waals surface area contributed by atoms with Crippen molar-refractivity contribution in [2.45, 2.75) is 20.1 Å². The molecule has 22 heavy (non-hydrogen) atoms. The molecule has 0 bridgehead atoms. The topological polar surface area (TPSA) is 68.0 Å². The highest BCUT2D eigenvalue weighted by atomic mass is 35.5. The van der Waals surface area contributed by atoms with Crippen LogP contribution in [-0.2, 0) is 13.2 Å². The maximum Gasteiger partial charge on any atom is 0.349 e. The summed E-state index contributed by atoms with van der Waals surface area (Å²) in [6.07, 6.45) is 0. The number of benzene rings is 1. The van der Waals surface area contributed by atoms with E-state index in [1.165, 1.54) is 4.57 Å². The fourth-order valence-corrected chi connectivity index (χ4v) is 2.60. The number of fused-ring (bicyclic) bond motifs is 1. The first-order valence-electron chi connectivity index (χ1n) is 6.91. The quantitative estimate of drug-likeness (QED) is 0.806. The molecule has 3 aromatic rings. The average Bonchev–Trinajstić information content (AvgIpc) is 2.53. The second-order valence-corrected chi connectivity index (χ2v) is 5.27. The van der Waals surface area contributed by atoms with Crippen molar-refractivity contribution in [3.8, 4) is 11.3 Å². The lowest BCUT2D eigenvalue weighted by molar-refractivity contribution is 0.277. The molecule has 1 aromatic carbocycles. The minimum Gasteiger partial charge on any atom is -0.390 e. The van der Waals surface area contributed by atoms with E-state index < -0.39 is 0 Å². The number of hydrogen-bond acceptors (Lipinski definition) is 4. The Hall–Kier alpha value is -2.24. The van der Waals surface area contributed by atoms with Crippen LogP contribution in [0.25, 0.3) is 22.3 Å². The second kappa shape index (κ2) is 5.87. The first-order valence-corrected chi connectivity index (χ1v) is 7.29. The second-order valence-electron chi connectivity index (χ2n) is 4.83. The van der Waals surface area contributed by atoms with E-state index in [4.69, 9.17) is 11.6 Å². The molecular weight excluding hydrogens is 302 g/mol. The molecule has 0 spiro atoms. The van der Waals surface area contributed by atoms with Crippen LogP contribution in [0.15, 0.2) is 41.2 Å². The normalized spacial score (nSPS) is 11.0. The molecular formula is C16H14ClN3O2. The largest absolute Gasteiger partial charge is 0.390 e. The first kappa shape index (κ1) is 14.7.